The second-order valence-corrected chi connectivity index (χ2v) is 4.65. The molecule has 0 fully saturated rings. The minimum absolute atomic E-state index is 0.0896. The van der Waals surface area contributed by atoms with Gasteiger partial charge in [-0.1, -0.05) is 54.1 Å². The smallest absolute Gasteiger partial charge is 0.0697 e. The summed E-state index contributed by atoms with van der Waals surface area (Å²) < 4.78 is 5.26. The quantitative estimate of drug-likeness (QED) is 0.804. The van der Waals surface area contributed by atoms with E-state index >= 15 is 0 Å². The van der Waals surface area contributed by atoms with Crippen LogP contribution in [0, 0.1) is 6.92 Å². The molecule has 2 heteroatoms. The highest BCUT2D eigenvalue weighted by Crippen LogP contribution is 2.20. The van der Waals surface area contributed by atoms with Gasteiger partial charge in [0.25, 0.3) is 0 Å². The predicted octanol–water partition coefficient (Wildman–Crippen LogP) is 3.21. The van der Waals surface area contributed by atoms with Gasteiger partial charge in [0.1, 0.15) is 0 Å². The minimum Gasteiger partial charge on any atom is -0.394 e. The van der Waals surface area contributed by atoms with E-state index in [0.717, 1.165) is 6.42 Å². The molecule has 2 nitrogen and oxygen atoms in total. The molecule has 19 heavy (non-hydrogen) atoms. The molecule has 2 aromatic carbocycles. The fourth-order valence-corrected chi connectivity index (χ4v) is 1.97. The van der Waals surface area contributed by atoms with Crippen LogP contribution < -0.4 is 0 Å². The number of hydrogen-bond acceptors (Lipinski definition) is 2. The van der Waals surface area contributed by atoms with Crippen molar-refractivity contribution in [1.29, 1.82) is 0 Å². The lowest BCUT2D eigenvalue weighted by Crippen LogP contribution is -2.03. The highest BCUT2D eigenvalue weighted by molar-refractivity contribution is 5.63. The molecule has 1 N–H and O–H groups in total. The van der Waals surface area contributed by atoms with Crippen molar-refractivity contribution in [3.8, 4) is 11.1 Å². The molecule has 0 amide bonds. The van der Waals surface area contributed by atoms with Gasteiger partial charge in [0.2, 0.25) is 0 Å². The van der Waals surface area contributed by atoms with E-state index in [-0.39, 0.29) is 6.61 Å². The van der Waals surface area contributed by atoms with E-state index in [1.165, 1.54) is 22.3 Å². The van der Waals surface area contributed by atoms with E-state index < -0.39 is 0 Å². The Morgan fingerprint density at radius 2 is 1.42 bits per heavy atom. The summed E-state index contributed by atoms with van der Waals surface area (Å²) in [6, 6.07) is 17.1. The lowest BCUT2D eigenvalue weighted by Gasteiger charge is -2.05. The fourth-order valence-electron chi connectivity index (χ4n) is 1.97. The van der Waals surface area contributed by atoms with Crippen LogP contribution in [0.3, 0.4) is 0 Å². The van der Waals surface area contributed by atoms with E-state index in [9.17, 15) is 0 Å². The number of benzene rings is 2. The van der Waals surface area contributed by atoms with Crippen molar-refractivity contribution in [3.63, 3.8) is 0 Å². The second-order valence-electron chi connectivity index (χ2n) is 4.65. The molecule has 0 aromatic heterocycles. The normalized spacial score (nSPS) is 10.6. The average Bonchev–Trinajstić information content (AvgIpc) is 2.45. The van der Waals surface area contributed by atoms with Crippen LogP contribution in [-0.2, 0) is 11.2 Å². The van der Waals surface area contributed by atoms with Crippen LogP contribution in [0.4, 0.5) is 0 Å². The summed E-state index contributed by atoms with van der Waals surface area (Å²) in [5.74, 6) is 0. The van der Waals surface area contributed by atoms with Gasteiger partial charge in [-0.05, 0) is 30.0 Å². The topological polar surface area (TPSA) is 29.5 Å². The van der Waals surface area contributed by atoms with Gasteiger partial charge < -0.3 is 9.84 Å². The maximum Gasteiger partial charge on any atom is 0.0697 e. The van der Waals surface area contributed by atoms with Crippen molar-refractivity contribution < 1.29 is 9.84 Å². The third kappa shape index (κ3) is 4.19. The van der Waals surface area contributed by atoms with Gasteiger partial charge in [0.15, 0.2) is 0 Å². The lowest BCUT2D eigenvalue weighted by molar-refractivity contribution is 0.0944. The molecule has 0 unspecified atom stereocenters. The fraction of sp³-hybridized carbons (Fsp3) is 0.294. The first-order valence-electron chi connectivity index (χ1n) is 6.64. The maximum absolute atomic E-state index is 8.62. The van der Waals surface area contributed by atoms with Crippen molar-refractivity contribution in [2.24, 2.45) is 0 Å². The van der Waals surface area contributed by atoms with Gasteiger partial charge in [-0.2, -0.15) is 0 Å². The molecule has 0 saturated carbocycles. The highest BCUT2D eigenvalue weighted by Gasteiger charge is 1.98. The second kappa shape index (κ2) is 7.07. The number of aliphatic hydroxyl groups excluding tert-OH is 1. The third-order valence-electron chi connectivity index (χ3n) is 3.11. The van der Waals surface area contributed by atoms with Crippen LogP contribution in [0.25, 0.3) is 11.1 Å². The molecular formula is C17H20O2. The summed E-state index contributed by atoms with van der Waals surface area (Å²) in [6.07, 6.45) is 0.883. The number of ether oxygens (including phenoxy) is 1. The van der Waals surface area contributed by atoms with Crippen molar-refractivity contribution in [1.82, 2.24) is 0 Å². The van der Waals surface area contributed by atoms with Gasteiger partial charge in [-0.3, -0.25) is 0 Å². The van der Waals surface area contributed by atoms with Crippen LogP contribution in [-0.4, -0.2) is 24.9 Å². The van der Waals surface area contributed by atoms with Crippen molar-refractivity contribution in [2.75, 3.05) is 19.8 Å². The zero-order valence-electron chi connectivity index (χ0n) is 11.3. The SMILES string of the molecule is Cc1ccc(-c2ccc(CCOCCO)cc2)cc1. The number of aliphatic hydroxyl groups is 1. The number of rotatable bonds is 6. The molecule has 0 aliphatic heterocycles. The first kappa shape index (κ1) is 13.8. The van der Waals surface area contributed by atoms with Crippen molar-refractivity contribution >= 4 is 0 Å². The highest BCUT2D eigenvalue weighted by atomic mass is 16.5. The first-order valence-corrected chi connectivity index (χ1v) is 6.64. The molecule has 100 valence electrons. The Balaban J connectivity index is 1.96. The molecule has 0 radical (unpaired) electrons. The van der Waals surface area contributed by atoms with E-state index in [2.05, 4.69) is 55.5 Å². The lowest BCUT2D eigenvalue weighted by atomic mass is 10.0. The summed E-state index contributed by atoms with van der Waals surface area (Å²) in [7, 11) is 0. The Hall–Kier alpha value is -1.64. The Kier molecular flexibility index (Phi) is 5.13. The first-order chi connectivity index (χ1) is 9.29. The van der Waals surface area contributed by atoms with Gasteiger partial charge in [0, 0.05) is 0 Å². The zero-order chi connectivity index (χ0) is 13.5. The summed E-state index contributed by atoms with van der Waals surface area (Å²) in [4.78, 5) is 0. The number of aryl methyl sites for hydroxylation is 1. The predicted molar refractivity (Wildman–Crippen MR) is 78.2 cm³/mol. The standard InChI is InChI=1S/C17H20O2/c1-14-2-6-16(7-3-14)17-8-4-15(5-9-17)10-12-19-13-11-18/h2-9,18H,10-13H2,1H3. The monoisotopic (exact) mass is 256 g/mol. The molecule has 0 heterocycles. The molecule has 0 aliphatic carbocycles. The van der Waals surface area contributed by atoms with Gasteiger partial charge in [-0.25, -0.2) is 0 Å². The number of hydrogen-bond donors (Lipinski definition) is 1. The largest absolute Gasteiger partial charge is 0.394 e. The summed E-state index contributed by atoms with van der Waals surface area (Å²) >= 11 is 0. The van der Waals surface area contributed by atoms with Crippen molar-refractivity contribution in [3.05, 3.63) is 59.7 Å². The van der Waals surface area contributed by atoms with Gasteiger partial charge in [-0.15, -0.1) is 0 Å². The molecular weight excluding hydrogens is 236 g/mol. The molecule has 0 aliphatic rings. The van der Waals surface area contributed by atoms with Crippen LogP contribution in [0.1, 0.15) is 11.1 Å². The van der Waals surface area contributed by atoms with Crippen LogP contribution >= 0.6 is 0 Å². The molecule has 2 aromatic rings. The Labute approximate surface area is 114 Å². The molecule has 2 rings (SSSR count). The summed E-state index contributed by atoms with van der Waals surface area (Å²) in [6.45, 7) is 3.26. The van der Waals surface area contributed by atoms with Crippen LogP contribution in [0.2, 0.25) is 0 Å². The average molecular weight is 256 g/mol. The van der Waals surface area contributed by atoms with E-state index in [0.29, 0.717) is 13.2 Å². The Morgan fingerprint density at radius 3 is 2.00 bits per heavy atom. The van der Waals surface area contributed by atoms with Crippen LogP contribution in [0.5, 0.6) is 0 Å². The van der Waals surface area contributed by atoms with Crippen molar-refractivity contribution in [2.45, 2.75) is 13.3 Å². The molecule has 0 atom stereocenters. The Bertz CT molecular complexity index is 486. The minimum atomic E-state index is 0.0896. The third-order valence-corrected chi connectivity index (χ3v) is 3.11. The van der Waals surface area contributed by atoms with Gasteiger partial charge in [0.05, 0.1) is 19.8 Å². The maximum atomic E-state index is 8.62. The molecule has 0 spiro atoms. The molecule has 0 saturated heterocycles. The van der Waals surface area contributed by atoms with Gasteiger partial charge >= 0.3 is 0 Å². The summed E-state index contributed by atoms with van der Waals surface area (Å²) in [5.41, 5.74) is 5.02. The Morgan fingerprint density at radius 1 is 0.842 bits per heavy atom. The van der Waals surface area contributed by atoms with E-state index in [1.807, 2.05) is 0 Å². The van der Waals surface area contributed by atoms with E-state index in [1.54, 1.807) is 0 Å². The molecule has 0 bridgehead atoms. The van der Waals surface area contributed by atoms with Crippen LogP contribution in [0.15, 0.2) is 48.5 Å². The van der Waals surface area contributed by atoms with E-state index in [4.69, 9.17) is 9.84 Å². The summed E-state index contributed by atoms with van der Waals surface area (Å²) in [5, 5.41) is 8.62. The zero-order valence-corrected chi connectivity index (χ0v) is 11.3.